The van der Waals surface area contributed by atoms with Gasteiger partial charge in [-0.1, -0.05) is 6.07 Å². The fourth-order valence-corrected chi connectivity index (χ4v) is 3.44. The lowest BCUT2D eigenvalue weighted by atomic mass is 9.74. The molecular weight excluding hydrogens is 212 g/mol. The largest absolute Gasteiger partial charge is 0.493 e. The van der Waals surface area contributed by atoms with Crippen LogP contribution in [-0.4, -0.2) is 22.2 Å². The first-order valence-corrected chi connectivity index (χ1v) is 6.67. The van der Waals surface area contributed by atoms with Crippen LogP contribution < -0.4 is 5.32 Å². The molecule has 0 bridgehead atoms. The van der Waals surface area contributed by atoms with Crippen LogP contribution in [0.25, 0.3) is 0 Å². The monoisotopic (exact) mass is 232 g/mol. The number of aromatic nitrogens is 1. The van der Waals surface area contributed by atoms with Crippen LogP contribution in [0.15, 0.2) is 18.3 Å². The highest BCUT2D eigenvalue weighted by Gasteiger charge is 2.37. The van der Waals surface area contributed by atoms with Crippen LogP contribution in [0.3, 0.4) is 0 Å². The molecule has 3 nitrogen and oxygen atoms in total. The minimum Gasteiger partial charge on any atom is -0.493 e. The molecule has 0 aromatic carbocycles. The van der Waals surface area contributed by atoms with Gasteiger partial charge in [-0.3, -0.25) is 0 Å². The van der Waals surface area contributed by atoms with Gasteiger partial charge in [0.05, 0.1) is 0 Å². The van der Waals surface area contributed by atoms with Gasteiger partial charge in [-0.25, -0.2) is 4.98 Å². The van der Waals surface area contributed by atoms with Crippen LogP contribution in [0.5, 0.6) is 5.88 Å². The Kier molecular flexibility index (Phi) is 2.79. The van der Waals surface area contributed by atoms with Crippen LogP contribution >= 0.6 is 0 Å². The second kappa shape index (κ2) is 4.30. The zero-order valence-corrected chi connectivity index (χ0v) is 10.2. The van der Waals surface area contributed by atoms with Gasteiger partial charge in [0.1, 0.15) is 0 Å². The Bertz CT molecular complexity index is 372. The highest BCUT2D eigenvalue weighted by molar-refractivity contribution is 5.21. The molecule has 3 rings (SSSR count). The SMILES string of the molecule is Oc1ccc(C2CCC3(CCCN3)CC2)cn1. The number of nitrogens with one attached hydrogen (secondary N) is 1. The predicted octanol–water partition coefficient (Wildman–Crippen LogP) is 2.57. The van der Waals surface area contributed by atoms with Crippen molar-refractivity contribution in [1.29, 1.82) is 0 Å². The lowest BCUT2D eigenvalue weighted by Gasteiger charge is -2.37. The van der Waals surface area contributed by atoms with E-state index in [4.69, 9.17) is 0 Å². The fraction of sp³-hybridized carbons (Fsp3) is 0.643. The number of aromatic hydroxyl groups is 1. The first kappa shape index (κ1) is 11.0. The summed E-state index contributed by atoms with van der Waals surface area (Å²) in [6.45, 7) is 1.20. The van der Waals surface area contributed by atoms with Crippen LogP contribution in [0.1, 0.15) is 50.0 Å². The van der Waals surface area contributed by atoms with Crippen LogP contribution in [0, 0.1) is 0 Å². The van der Waals surface area contributed by atoms with Gasteiger partial charge in [0.15, 0.2) is 0 Å². The molecule has 2 aliphatic rings. The van der Waals surface area contributed by atoms with E-state index in [0.29, 0.717) is 11.5 Å². The Hall–Kier alpha value is -1.09. The van der Waals surface area contributed by atoms with E-state index in [9.17, 15) is 5.11 Å². The Balaban J connectivity index is 1.66. The van der Waals surface area contributed by atoms with Gasteiger partial charge >= 0.3 is 0 Å². The van der Waals surface area contributed by atoms with Gasteiger partial charge in [0.25, 0.3) is 0 Å². The zero-order chi connectivity index (χ0) is 11.7. The molecular formula is C14H20N2O. The van der Waals surface area contributed by atoms with E-state index >= 15 is 0 Å². The van der Waals surface area contributed by atoms with E-state index in [1.807, 2.05) is 12.3 Å². The van der Waals surface area contributed by atoms with E-state index in [1.54, 1.807) is 6.07 Å². The first-order chi connectivity index (χ1) is 8.27. The van der Waals surface area contributed by atoms with Crippen molar-refractivity contribution in [1.82, 2.24) is 10.3 Å². The summed E-state index contributed by atoms with van der Waals surface area (Å²) in [6, 6.07) is 3.72. The van der Waals surface area contributed by atoms with Crippen molar-refractivity contribution in [3.8, 4) is 5.88 Å². The van der Waals surface area contributed by atoms with Crippen LogP contribution in [0.4, 0.5) is 0 Å². The maximum atomic E-state index is 9.20. The van der Waals surface area contributed by atoms with Gasteiger partial charge in [-0.15, -0.1) is 0 Å². The molecule has 2 fully saturated rings. The van der Waals surface area contributed by atoms with Crippen molar-refractivity contribution in [3.05, 3.63) is 23.9 Å². The van der Waals surface area contributed by atoms with E-state index in [0.717, 1.165) is 0 Å². The standard InChI is InChI=1S/C14H20N2O/c17-13-3-2-12(10-15-13)11-4-7-14(8-5-11)6-1-9-16-14/h2-3,10-11,16H,1,4-9H2,(H,15,17). The number of nitrogens with zero attached hydrogens (tertiary/aromatic N) is 1. The quantitative estimate of drug-likeness (QED) is 0.782. The molecule has 3 heteroatoms. The van der Waals surface area contributed by atoms with Gasteiger partial charge in [0.2, 0.25) is 5.88 Å². The molecule has 1 aromatic rings. The molecule has 1 aliphatic heterocycles. The summed E-state index contributed by atoms with van der Waals surface area (Å²) in [7, 11) is 0. The average molecular weight is 232 g/mol. The Morgan fingerprint density at radius 2 is 2.06 bits per heavy atom. The second-order valence-corrected chi connectivity index (χ2v) is 5.53. The maximum absolute atomic E-state index is 9.20. The normalized spacial score (nSPS) is 33.1. The molecule has 1 saturated heterocycles. The lowest BCUT2D eigenvalue weighted by molar-refractivity contribution is 0.244. The van der Waals surface area contributed by atoms with Crippen molar-refractivity contribution in [3.63, 3.8) is 0 Å². The third-order valence-electron chi connectivity index (χ3n) is 4.52. The zero-order valence-electron chi connectivity index (χ0n) is 10.2. The van der Waals surface area contributed by atoms with E-state index in [1.165, 1.54) is 50.6 Å². The van der Waals surface area contributed by atoms with E-state index < -0.39 is 0 Å². The number of hydrogen-bond acceptors (Lipinski definition) is 3. The molecule has 0 amide bonds. The molecule has 0 radical (unpaired) electrons. The molecule has 1 saturated carbocycles. The van der Waals surface area contributed by atoms with E-state index in [2.05, 4.69) is 10.3 Å². The maximum Gasteiger partial charge on any atom is 0.210 e. The summed E-state index contributed by atoms with van der Waals surface area (Å²) in [4.78, 5) is 3.98. The molecule has 92 valence electrons. The van der Waals surface area contributed by atoms with Crippen LogP contribution in [0.2, 0.25) is 0 Å². The van der Waals surface area contributed by atoms with E-state index in [-0.39, 0.29) is 5.88 Å². The smallest absolute Gasteiger partial charge is 0.210 e. The summed E-state index contributed by atoms with van der Waals surface area (Å²) >= 11 is 0. The topological polar surface area (TPSA) is 45.1 Å². The highest BCUT2D eigenvalue weighted by Crippen LogP contribution is 2.41. The molecule has 0 atom stereocenters. The molecule has 1 aromatic heterocycles. The van der Waals surface area contributed by atoms with Crippen molar-refractivity contribution in [2.45, 2.75) is 50.0 Å². The summed E-state index contributed by atoms with van der Waals surface area (Å²) in [5.74, 6) is 0.759. The molecule has 2 heterocycles. The highest BCUT2D eigenvalue weighted by atomic mass is 16.3. The Morgan fingerprint density at radius 3 is 2.65 bits per heavy atom. The summed E-state index contributed by atoms with van der Waals surface area (Å²) in [5, 5.41) is 12.9. The third kappa shape index (κ3) is 2.16. The number of pyridine rings is 1. The van der Waals surface area contributed by atoms with Gasteiger partial charge in [-0.2, -0.15) is 0 Å². The van der Waals surface area contributed by atoms with Crippen LogP contribution in [-0.2, 0) is 0 Å². The second-order valence-electron chi connectivity index (χ2n) is 5.53. The predicted molar refractivity (Wildman–Crippen MR) is 67.1 cm³/mol. The van der Waals surface area contributed by atoms with Gasteiger partial charge in [0, 0.05) is 17.8 Å². The summed E-state index contributed by atoms with van der Waals surface area (Å²) in [6.07, 6.45) is 9.61. The summed E-state index contributed by atoms with van der Waals surface area (Å²) < 4.78 is 0. The first-order valence-electron chi connectivity index (χ1n) is 6.67. The molecule has 0 unspecified atom stereocenters. The molecule has 2 N–H and O–H groups in total. The minimum atomic E-state index is 0.124. The third-order valence-corrected chi connectivity index (χ3v) is 4.52. The van der Waals surface area contributed by atoms with Crippen molar-refractivity contribution < 1.29 is 5.11 Å². The Labute approximate surface area is 102 Å². The van der Waals surface area contributed by atoms with Gasteiger partial charge in [-0.05, 0) is 56.6 Å². The molecule has 1 spiro atoms. The fourth-order valence-electron chi connectivity index (χ4n) is 3.44. The molecule has 1 aliphatic carbocycles. The minimum absolute atomic E-state index is 0.124. The van der Waals surface area contributed by atoms with Crippen molar-refractivity contribution in [2.75, 3.05) is 6.54 Å². The van der Waals surface area contributed by atoms with Crippen molar-refractivity contribution in [2.24, 2.45) is 0 Å². The van der Waals surface area contributed by atoms with Gasteiger partial charge < -0.3 is 10.4 Å². The lowest BCUT2D eigenvalue weighted by Crippen LogP contribution is -2.42. The number of hydrogen-bond donors (Lipinski definition) is 2. The van der Waals surface area contributed by atoms with Crippen molar-refractivity contribution >= 4 is 0 Å². The molecule has 17 heavy (non-hydrogen) atoms. The average Bonchev–Trinajstić information content (AvgIpc) is 2.80. The Morgan fingerprint density at radius 1 is 1.24 bits per heavy atom. The summed E-state index contributed by atoms with van der Waals surface area (Å²) in [5.41, 5.74) is 1.75. The number of rotatable bonds is 1.